The molecule has 2 N–H and O–H groups in total. The van der Waals surface area contributed by atoms with Crippen LogP contribution in [0.25, 0.3) is 0 Å². The van der Waals surface area contributed by atoms with Crippen LogP contribution in [0.2, 0.25) is 0 Å². The molecule has 0 heterocycles. The molecule has 0 unspecified atom stereocenters. The molecule has 5 heteroatoms. The largest absolute Gasteiger partial charge is 0.384 e. The number of hydrogen-bond donors (Lipinski definition) is 1. The molecular formula is C8H17NO3S. The van der Waals surface area contributed by atoms with Gasteiger partial charge in [0.1, 0.15) is 0 Å². The number of ether oxygens (including phenoxy) is 1. The quantitative estimate of drug-likeness (QED) is 0.677. The van der Waals surface area contributed by atoms with Crippen LogP contribution in [0.1, 0.15) is 13.3 Å². The molecule has 2 atom stereocenters. The van der Waals surface area contributed by atoms with Crippen molar-refractivity contribution in [3.8, 4) is 0 Å². The Morgan fingerprint density at radius 1 is 1.62 bits per heavy atom. The fraction of sp³-hybridized carbons (Fsp3) is 1.00. The van der Waals surface area contributed by atoms with Crippen LogP contribution in [0.4, 0.5) is 0 Å². The van der Waals surface area contributed by atoms with Gasteiger partial charge in [-0.15, -0.1) is 0 Å². The molecule has 1 rings (SSSR count). The van der Waals surface area contributed by atoms with Gasteiger partial charge >= 0.3 is 0 Å². The van der Waals surface area contributed by atoms with E-state index in [1.165, 1.54) is 0 Å². The predicted octanol–water partition coefficient (Wildman–Crippen LogP) is -0.215. The Hall–Kier alpha value is -0.130. The first kappa shape index (κ1) is 10.9. The molecule has 0 aromatic carbocycles. The molecule has 1 fully saturated rings. The third-order valence-corrected chi connectivity index (χ3v) is 5.13. The maximum atomic E-state index is 11.5. The molecule has 0 aromatic heterocycles. The summed E-state index contributed by atoms with van der Waals surface area (Å²) in [5, 5.41) is -0.269. The standard InChI is InChI=1S/C8H17NO3S/c1-3-13(10,11)7-4-8(7,5-9)6-12-2/h7H,3-6,9H2,1-2H3/t7-,8-/m1/s1. The first-order chi connectivity index (χ1) is 6.02. The van der Waals surface area contributed by atoms with Crippen molar-refractivity contribution in [1.29, 1.82) is 0 Å². The van der Waals surface area contributed by atoms with Crippen LogP contribution in [-0.2, 0) is 14.6 Å². The smallest absolute Gasteiger partial charge is 0.153 e. The molecule has 1 saturated carbocycles. The highest BCUT2D eigenvalue weighted by Crippen LogP contribution is 2.50. The maximum absolute atomic E-state index is 11.5. The van der Waals surface area contributed by atoms with Gasteiger partial charge in [0.05, 0.1) is 11.9 Å². The van der Waals surface area contributed by atoms with Crippen molar-refractivity contribution in [2.75, 3.05) is 26.0 Å². The minimum absolute atomic E-state index is 0.198. The van der Waals surface area contributed by atoms with Crippen molar-refractivity contribution in [2.45, 2.75) is 18.6 Å². The third kappa shape index (κ3) is 1.87. The molecule has 0 radical (unpaired) electrons. The van der Waals surface area contributed by atoms with E-state index in [1.54, 1.807) is 14.0 Å². The Bertz CT molecular complexity index is 275. The molecule has 78 valence electrons. The molecule has 0 aromatic rings. The van der Waals surface area contributed by atoms with Gasteiger partial charge in [-0.05, 0) is 6.42 Å². The second kappa shape index (κ2) is 3.55. The summed E-state index contributed by atoms with van der Waals surface area (Å²) in [6.07, 6.45) is 0.660. The fourth-order valence-electron chi connectivity index (χ4n) is 1.73. The van der Waals surface area contributed by atoms with Crippen LogP contribution in [0.15, 0.2) is 0 Å². The predicted molar refractivity (Wildman–Crippen MR) is 51.2 cm³/mol. The third-order valence-electron chi connectivity index (χ3n) is 2.79. The summed E-state index contributed by atoms with van der Waals surface area (Å²) in [6, 6.07) is 0. The molecule has 1 aliphatic carbocycles. The average Bonchev–Trinajstić information content (AvgIpc) is 2.82. The van der Waals surface area contributed by atoms with Gasteiger partial charge in [0.2, 0.25) is 0 Å². The highest BCUT2D eigenvalue weighted by Gasteiger charge is 2.59. The van der Waals surface area contributed by atoms with Gasteiger partial charge in [-0.3, -0.25) is 0 Å². The van der Waals surface area contributed by atoms with Crippen LogP contribution >= 0.6 is 0 Å². The summed E-state index contributed by atoms with van der Waals surface area (Å²) in [4.78, 5) is 0. The van der Waals surface area contributed by atoms with E-state index in [0.29, 0.717) is 19.6 Å². The number of nitrogens with two attached hydrogens (primary N) is 1. The minimum Gasteiger partial charge on any atom is -0.384 e. The van der Waals surface area contributed by atoms with E-state index < -0.39 is 9.84 Å². The molecule has 0 spiro atoms. The molecular weight excluding hydrogens is 190 g/mol. The second-order valence-corrected chi connectivity index (χ2v) is 6.12. The zero-order valence-electron chi connectivity index (χ0n) is 8.12. The summed E-state index contributed by atoms with van der Waals surface area (Å²) in [5.74, 6) is 0.198. The number of methoxy groups -OCH3 is 1. The molecule has 1 aliphatic rings. The van der Waals surface area contributed by atoms with Gasteiger partial charge in [-0.25, -0.2) is 8.42 Å². The van der Waals surface area contributed by atoms with Crippen molar-refractivity contribution in [2.24, 2.45) is 11.1 Å². The van der Waals surface area contributed by atoms with Gasteiger partial charge in [-0.1, -0.05) is 6.92 Å². The monoisotopic (exact) mass is 207 g/mol. The molecule has 0 saturated heterocycles. The average molecular weight is 207 g/mol. The zero-order chi connectivity index (χ0) is 10.1. The lowest BCUT2D eigenvalue weighted by Gasteiger charge is -2.12. The van der Waals surface area contributed by atoms with Crippen molar-refractivity contribution in [1.82, 2.24) is 0 Å². The fourth-order valence-corrected chi connectivity index (χ4v) is 3.65. The first-order valence-electron chi connectivity index (χ1n) is 4.43. The Morgan fingerprint density at radius 2 is 2.23 bits per heavy atom. The van der Waals surface area contributed by atoms with E-state index in [1.807, 2.05) is 0 Å². The van der Waals surface area contributed by atoms with Crippen LogP contribution < -0.4 is 5.73 Å². The Kier molecular flexibility index (Phi) is 2.99. The summed E-state index contributed by atoms with van der Waals surface area (Å²) >= 11 is 0. The van der Waals surface area contributed by atoms with E-state index in [2.05, 4.69) is 0 Å². The lowest BCUT2D eigenvalue weighted by Crippen LogP contribution is -2.28. The topological polar surface area (TPSA) is 69.4 Å². The van der Waals surface area contributed by atoms with Gasteiger partial charge in [0, 0.05) is 24.8 Å². The number of rotatable bonds is 5. The maximum Gasteiger partial charge on any atom is 0.153 e. The van der Waals surface area contributed by atoms with Gasteiger partial charge in [0.15, 0.2) is 9.84 Å². The highest BCUT2D eigenvalue weighted by atomic mass is 32.2. The van der Waals surface area contributed by atoms with Gasteiger partial charge in [0.25, 0.3) is 0 Å². The van der Waals surface area contributed by atoms with Gasteiger partial charge in [-0.2, -0.15) is 0 Å². The lowest BCUT2D eigenvalue weighted by atomic mass is 10.1. The van der Waals surface area contributed by atoms with Crippen molar-refractivity contribution in [3.05, 3.63) is 0 Å². The molecule has 0 amide bonds. The van der Waals surface area contributed by atoms with Crippen LogP contribution in [-0.4, -0.2) is 39.7 Å². The second-order valence-electron chi connectivity index (χ2n) is 3.64. The van der Waals surface area contributed by atoms with E-state index in [0.717, 1.165) is 0 Å². The minimum atomic E-state index is -2.93. The molecule has 4 nitrogen and oxygen atoms in total. The zero-order valence-corrected chi connectivity index (χ0v) is 8.93. The van der Waals surface area contributed by atoms with Crippen LogP contribution in [0.5, 0.6) is 0 Å². The summed E-state index contributed by atoms with van der Waals surface area (Å²) in [6.45, 7) is 2.51. The summed E-state index contributed by atoms with van der Waals surface area (Å²) in [5.41, 5.74) is 5.26. The van der Waals surface area contributed by atoms with E-state index in [9.17, 15) is 8.42 Å². The van der Waals surface area contributed by atoms with Crippen LogP contribution in [0.3, 0.4) is 0 Å². The van der Waals surface area contributed by atoms with E-state index in [-0.39, 0.29) is 16.4 Å². The van der Waals surface area contributed by atoms with E-state index >= 15 is 0 Å². The Balaban J connectivity index is 2.70. The first-order valence-corrected chi connectivity index (χ1v) is 6.14. The van der Waals surface area contributed by atoms with Gasteiger partial charge < -0.3 is 10.5 Å². The lowest BCUT2D eigenvalue weighted by molar-refractivity contribution is 0.145. The molecule has 0 bridgehead atoms. The summed E-state index contributed by atoms with van der Waals surface area (Å²) < 4.78 is 28.0. The Labute approximate surface area is 79.4 Å². The SMILES string of the molecule is CCS(=O)(=O)[C@@H]1C[C@@]1(CN)COC. The molecule has 0 aliphatic heterocycles. The Morgan fingerprint density at radius 3 is 2.62 bits per heavy atom. The number of sulfone groups is 1. The van der Waals surface area contributed by atoms with E-state index in [4.69, 9.17) is 10.5 Å². The van der Waals surface area contributed by atoms with Crippen LogP contribution in [0, 0.1) is 5.41 Å². The van der Waals surface area contributed by atoms with Crippen molar-refractivity contribution in [3.63, 3.8) is 0 Å². The summed E-state index contributed by atoms with van der Waals surface area (Å²) in [7, 11) is -1.35. The molecule has 13 heavy (non-hydrogen) atoms. The van der Waals surface area contributed by atoms with Crippen molar-refractivity contribution < 1.29 is 13.2 Å². The number of hydrogen-bond acceptors (Lipinski definition) is 4. The van der Waals surface area contributed by atoms with Crippen molar-refractivity contribution >= 4 is 9.84 Å². The highest BCUT2D eigenvalue weighted by molar-refractivity contribution is 7.92. The normalized spacial score (nSPS) is 33.3.